The summed E-state index contributed by atoms with van der Waals surface area (Å²) in [4.78, 5) is 28.3. The van der Waals surface area contributed by atoms with E-state index in [-0.39, 0.29) is 11.3 Å². The van der Waals surface area contributed by atoms with Crippen LogP contribution in [0, 0.1) is 34.4 Å². The molecule has 0 saturated heterocycles. The van der Waals surface area contributed by atoms with Gasteiger partial charge in [-0.25, -0.2) is 4.39 Å². The summed E-state index contributed by atoms with van der Waals surface area (Å²) in [6.45, 7) is 10.5. The van der Waals surface area contributed by atoms with E-state index in [4.69, 9.17) is 4.74 Å². The first kappa shape index (κ1) is 33.5. The van der Waals surface area contributed by atoms with Crippen LogP contribution in [0.3, 0.4) is 0 Å². The zero-order chi connectivity index (χ0) is 33.5. The van der Waals surface area contributed by atoms with Crippen molar-refractivity contribution in [3.8, 4) is 11.3 Å². The van der Waals surface area contributed by atoms with Crippen molar-refractivity contribution in [2.75, 3.05) is 19.7 Å². The molecule has 0 unspecified atom stereocenters. The molecule has 1 aromatic heterocycles. The summed E-state index contributed by atoms with van der Waals surface area (Å²) in [6.07, 6.45) is 13.4. The van der Waals surface area contributed by atoms with E-state index in [9.17, 15) is 14.0 Å². The molecule has 3 aromatic rings. The van der Waals surface area contributed by atoms with Crippen LogP contribution in [-0.4, -0.2) is 42.5 Å². The third kappa shape index (κ3) is 6.37. The molecule has 0 spiro atoms. The molecule has 3 aliphatic carbocycles. The van der Waals surface area contributed by atoms with Crippen molar-refractivity contribution in [1.82, 2.24) is 15.6 Å². The monoisotopic (exact) mass is 655 g/mol. The zero-order valence-electron chi connectivity index (χ0n) is 29.2. The maximum absolute atomic E-state index is 14.3. The van der Waals surface area contributed by atoms with Gasteiger partial charge in [-0.05, 0) is 122 Å². The number of hydrogen-bond donors (Lipinski definition) is 3. The molecule has 6 nitrogen and oxygen atoms in total. The van der Waals surface area contributed by atoms with Gasteiger partial charge < -0.3 is 20.4 Å². The SMILES string of the molecule is C[C@@H]1CC[C@@]2(C)[C@H](CCC[C@H]3CC(=O)CC[C@@]31C)CC[C@@H]2OCCCNCc1ccc(-c2[nH]c3cc(F)cc4c3c2CCNC4=O)cc1. The van der Waals surface area contributed by atoms with Crippen molar-refractivity contribution in [3.05, 3.63) is 58.9 Å². The summed E-state index contributed by atoms with van der Waals surface area (Å²) in [5.41, 5.74) is 5.91. The number of H-pyrrole nitrogens is 1. The molecule has 0 radical (unpaired) electrons. The van der Waals surface area contributed by atoms with E-state index in [2.05, 4.69) is 60.7 Å². The number of hydrogen-bond acceptors (Lipinski definition) is 4. The second kappa shape index (κ2) is 13.7. The zero-order valence-corrected chi connectivity index (χ0v) is 29.2. The van der Waals surface area contributed by atoms with Crippen LogP contribution in [0.25, 0.3) is 22.2 Å². The fraction of sp³-hybridized carbons (Fsp3) is 0.610. The molecule has 1 amide bonds. The van der Waals surface area contributed by atoms with Crippen LogP contribution in [-0.2, 0) is 22.5 Å². The number of fused-ring (bicyclic) bond motifs is 2. The second-order valence-electron chi connectivity index (χ2n) is 16.0. The minimum absolute atomic E-state index is 0.218. The van der Waals surface area contributed by atoms with E-state index in [1.165, 1.54) is 62.6 Å². The highest BCUT2D eigenvalue weighted by Gasteiger charge is 2.49. The number of nitrogens with one attached hydrogen (secondary N) is 3. The number of aromatic amines is 1. The van der Waals surface area contributed by atoms with Crippen LogP contribution >= 0.6 is 0 Å². The summed E-state index contributed by atoms with van der Waals surface area (Å²) in [7, 11) is 0. The third-order valence-corrected chi connectivity index (χ3v) is 13.4. The second-order valence-corrected chi connectivity index (χ2v) is 16.0. The van der Waals surface area contributed by atoms with E-state index in [1.54, 1.807) is 0 Å². The fourth-order valence-corrected chi connectivity index (χ4v) is 10.0. The highest BCUT2D eigenvalue weighted by atomic mass is 19.1. The minimum atomic E-state index is -0.408. The molecule has 1 aliphatic heterocycles. The van der Waals surface area contributed by atoms with Crippen LogP contribution in [0.2, 0.25) is 0 Å². The molecule has 7 rings (SSSR count). The molecule has 48 heavy (non-hydrogen) atoms. The Balaban J connectivity index is 0.902. The number of Topliss-reactive ketones (excluding diaryl/α,β-unsaturated/α-hetero) is 1. The lowest BCUT2D eigenvalue weighted by Gasteiger charge is -2.48. The smallest absolute Gasteiger partial charge is 0.252 e. The molecule has 2 aromatic carbocycles. The maximum atomic E-state index is 14.3. The Hall–Kier alpha value is -3.03. The number of ketones is 1. The highest BCUT2D eigenvalue weighted by Crippen LogP contribution is 2.56. The van der Waals surface area contributed by atoms with Crippen molar-refractivity contribution < 1.29 is 18.7 Å². The molecule has 3 N–H and O–H groups in total. The van der Waals surface area contributed by atoms with Gasteiger partial charge in [0.15, 0.2) is 0 Å². The average molecular weight is 656 g/mol. The maximum Gasteiger partial charge on any atom is 0.252 e. The number of carbonyl (C=O) groups is 2. The lowest BCUT2D eigenvalue weighted by molar-refractivity contribution is -0.127. The van der Waals surface area contributed by atoms with Crippen molar-refractivity contribution in [1.29, 1.82) is 0 Å². The predicted molar refractivity (Wildman–Crippen MR) is 189 cm³/mol. The van der Waals surface area contributed by atoms with Gasteiger partial charge in [0.25, 0.3) is 5.91 Å². The Bertz CT molecular complexity index is 1650. The van der Waals surface area contributed by atoms with E-state index in [0.717, 1.165) is 73.5 Å². The van der Waals surface area contributed by atoms with Crippen LogP contribution in [0.5, 0.6) is 0 Å². The van der Waals surface area contributed by atoms with Gasteiger partial charge in [0.05, 0.1) is 11.7 Å². The fourth-order valence-electron chi connectivity index (χ4n) is 10.0. The van der Waals surface area contributed by atoms with Gasteiger partial charge in [-0.1, -0.05) is 51.5 Å². The molecule has 4 aliphatic rings. The first-order valence-electron chi connectivity index (χ1n) is 18.7. The van der Waals surface area contributed by atoms with Gasteiger partial charge in [0, 0.05) is 49.1 Å². The Kier molecular flexibility index (Phi) is 9.55. The van der Waals surface area contributed by atoms with Gasteiger partial charge in [0.2, 0.25) is 0 Å². The number of aromatic nitrogens is 1. The number of ether oxygens (including phenoxy) is 1. The first-order chi connectivity index (χ1) is 23.2. The van der Waals surface area contributed by atoms with Gasteiger partial charge >= 0.3 is 0 Å². The van der Waals surface area contributed by atoms with Crippen molar-refractivity contribution in [2.45, 2.75) is 110 Å². The molecule has 0 bridgehead atoms. The van der Waals surface area contributed by atoms with Crippen LogP contribution in [0.4, 0.5) is 4.39 Å². The van der Waals surface area contributed by atoms with Crippen molar-refractivity contribution >= 4 is 22.6 Å². The molecule has 7 heteroatoms. The summed E-state index contributed by atoms with van der Waals surface area (Å²) < 4.78 is 21.0. The number of amides is 1. The van der Waals surface area contributed by atoms with Gasteiger partial charge in [-0.3, -0.25) is 9.59 Å². The Morgan fingerprint density at radius 3 is 2.60 bits per heavy atom. The quantitative estimate of drug-likeness (QED) is 0.213. The van der Waals surface area contributed by atoms with Crippen molar-refractivity contribution in [2.24, 2.45) is 28.6 Å². The summed E-state index contributed by atoms with van der Waals surface area (Å²) >= 11 is 0. The minimum Gasteiger partial charge on any atom is -0.378 e. The van der Waals surface area contributed by atoms with Crippen LogP contribution < -0.4 is 10.6 Å². The van der Waals surface area contributed by atoms with Crippen molar-refractivity contribution in [3.63, 3.8) is 0 Å². The largest absolute Gasteiger partial charge is 0.378 e. The first-order valence-corrected chi connectivity index (χ1v) is 18.7. The number of carbonyl (C=O) groups excluding carboxylic acids is 2. The lowest BCUT2D eigenvalue weighted by Crippen LogP contribution is -2.42. The summed E-state index contributed by atoms with van der Waals surface area (Å²) in [5.74, 6) is 1.81. The van der Waals surface area contributed by atoms with E-state index >= 15 is 0 Å². The highest BCUT2D eigenvalue weighted by molar-refractivity contribution is 6.10. The molecule has 3 saturated carbocycles. The van der Waals surface area contributed by atoms with E-state index < -0.39 is 5.82 Å². The van der Waals surface area contributed by atoms with Gasteiger partial charge in [-0.2, -0.15) is 0 Å². The van der Waals surface area contributed by atoms with E-state index in [0.29, 0.717) is 53.2 Å². The lowest BCUT2D eigenvalue weighted by atomic mass is 9.57. The van der Waals surface area contributed by atoms with Crippen LogP contribution in [0.1, 0.15) is 113 Å². The molecule has 2 heterocycles. The number of halogens is 1. The number of benzene rings is 2. The summed E-state index contributed by atoms with van der Waals surface area (Å²) in [6, 6.07) is 11.3. The molecule has 6 atom stereocenters. The molecule has 3 fully saturated rings. The molecular weight excluding hydrogens is 601 g/mol. The molecular formula is C41H54FN3O3. The van der Waals surface area contributed by atoms with Crippen LogP contribution in [0.15, 0.2) is 36.4 Å². The standard InChI is InChI=1S/C41H54FN3O3/c1-26-14-17-41(3)29(6-4-7-30-22-32(46)15-18-40(26,30)2)12-13-36(41)48-21-5-19-43-25-27-8-10-28(11-9-27)38-33-16-20-44-39(47)34-23-31(42)24-35(45-38)37(33)34/h8-11,23-24,26,29-30,36,43,45H,4-7,12-22,25H2,1-3H3,(H,44,47)/t26-,29-,30+,36+,40-,41+/m1/s1. The van der Waals surface area contributed by atoms with E-state index in [1.807, 2.05) is 0 Å². The van der Waals surface area contributed by atoms with Gasteiger partial charge in [0.1, 0.15) is 11.6 Å². The normalized spacial score (nSPS) is 30.8. The topological polar surface area (TPSA) is 83.2 Å². The number of rotatable bonds is 8. The average Bonchev–Trinajstić information content (AvgIpc) is 3.53. The third-order valence-electron chi connectivity index (χ3n) is 13.4. The summed E-state index contributed by atoms with van der Waals surface area (Å²) in [5, 5.41) is 7.33. The Labute approximate surface area is 285 Å². The predicted octanol–water partition coefficient (Wildman–Crippen LogP) is 8.52. The Morgan fingerprint density at radius 1 is 0.958 bits per heavy atom. The van der Waals surface area contributed by atoms with Gasteiger partial charge in [-0.15, -0.1) is 0 Å². The molecule has 258 valence electrons. The Morgan fingerprint density at radius 2 is 1.77 bits per heavy atom.